The maximum atomic E-state index is 11.8. The van der Waals surface area contributed by atoms with Crippen molar-refractivity contribution in [2.75, 3.05) is 36.5 Å². The molecule has 0 saturated carbocycles. The minimum atomic E-state index is 0.0822. The summed E-state index contributed by atoms with van der Waals surface area (Å²) in [6.07, 6.45) is 1.02. The zero-order valence-corrected chi connectivity index (χ0v) is 13.6. The van der Waals surface area contributed by atoms with Crippen molar-refractivity contribution < 1.29 is 4.79 Å². The van der Waals surface area contributed by atoms with Gasteiger partial charge >= 0.3 is 0 Å². The molecule has 1 rings (SSSR count). The van der Waals surface area contributed by atoms with Crippen LogP contribution in [-0.2, 0) is 11.2 Å². The molecule has 0 saturated heterocycles. The van der Waals surface area contributed by atoms with Crippen molar-refractivity contribution in [3.8, 4) is 0 Å². The van der Waals surface area contributed by atoms with Gasteiger partial charge in [0.2, 0.25) is 5.91 Å². The summed E-state index contributed by atoms with van der Waals surface area (Å²) in [4.78, 5) is 14.2. The highest BCUT2D eigenvalue weighted by Crippen LogP contribution is 2.11. The Balaban J connectivity index is 2.22. The number of nitrogens with one attached hydrogen (secondary N) is 1. The molecule has 4 heteroatoms. The van der Waals surface area contributed by atoms with Gasteiger partial charge in [0, 0.05) is 18.0 Å². The zero-order valence-electron chi connectivity index (χ0n) is 12.8. The van der Waals surface area contributed by atoms with Crippen molar-refractivity contribution in [2.45, 2.75) is 27.2 Å². The Morgan fingerprint density at radius 1 is 1.15 bits per heavy atom. The fourth-order valence-corrected chi connectivity index (χ4v) is 2.71. The summed E-state index contributed by atoms with van der Waals surface area (Å²) in [7, 11) is 0. The number of benzene rings is 1. The van der Waals surface area contributed by atoms with E-state index in [-0.39, 0.29) is 5.91 Å². The molecule has 0 atom stereocenters. The summed E-state index contributed by atoms with van der Waals surface area (Å²) in [6.45, 7) is 9.66. The van der Waals surface area contributed by atoms with Crippen molar-refractivity contribution in [1.29, 1.82) is 0 Å². The highest BCUT2D eigenvalue weighted by molar-refractivity contribution is 7.99. The van der Waals surface area contributed by atoms with Crippen LogP contribution in [0.5, 0.6) is 0 Å². The van der Waals surface area contributed by atoms with Gasteiger partial charge in [0.25, 0.3) is 0 Å². The number of carbonyl (C=O) groups is 1. The minimum absolute atomic E-state index is 0.0822. The van der Waals surface area contributed by atoms with Gasteiger partial charge in [-0.2, -0.15) is 11.8 Å². The third kappa shape index (κ3) is 6.44. The van der Waals surface area contributed by atoms with E-state index in [1.54, 1.807) is 11.8 Å². The Bertz CT molecular complexity index is 388. The van der Waals surface area contributed by atoms with Crippen LogP contribution >= 0.6 is 11.8 Å². The van der Waals surface area contributed by atoms with Gasteiger partial charge in [0.15, 0.2) is 0 Å². The molecule has 0 spiro atoms. The van der Waals surface area contributed by atoms with E-state index >= 15 is 0 Å². The molecule has 0 aliphatic rings. The summed E-state index contributed by atoms with van der Waals surface area (Å²) in [5.41, 5.74) is 2.17. The zero-order chi connectivity index (χ0) is 14.8. The first kappa shape index (κ1) is 17.1. The predicted octanol–water partition coefficient (Wildman–Crippen LogP) is 3.26. The number of thioether (sulfide) groups is 1. The fraction of sp³-hybridized carbons (Fsp3) is 0.562. The van der Waals surface area contributed by atoms with Crippen LogP contribution < -0.4 is 5.32 Å². The standard InChI is InChI=1S/C16H26N2OS/c1-4-14-7-9-15(10-8-14)17-16(19)13-20-12-11-18(5-2)6-3/h7-10H,4-6,11-13H2,1-3H3,(H,17,19). The molecule has 1 N–H and O–H groups in total. The Morgan fingerprint density at radius 2 is 1.80 bits per heavy atom. The van der Waals surface area contributed by atoms with Crippen molar-refractivity contribution in [1.82, 2.24) is 4.90 Å². The molecule has 0 heterocycles. The number of hydrogen-bond donors (Lipinski definition) is 1. The fourth-order valence-electron chi connectivity index (χ4n) is 1.92. The van der Waals surface area contributed by atoms with Crippen LogP contribution in [0.3, 0.4) is 0 Å². The van der Waals surface area contributed by atoms with Crippen LogP contribution in [0.1, 0.15) is 26.3 Å². The highest BCUT2D eigenvalue weighted by atomic mass is 32.2. The molecule has 3 nitrogen and oxygen atoms in total. The van der Waals surface area contributed by atoms with Crippen molar-refractivity contribution in [3.05, 3.63) is 29.8 Å². The number of aryl methyl sites for hydroxylation is 1. The second-order valence-corrected chi connectivity index (χ2v) is 5.78. The molecule has 0 unspecified atom stereocenters. The average molecular weight is 294 g/mol. The average Bonchev–Trinajstić information content (AvgIpc) is 2.48. The van der Waals surface area contributed by atoms with Gasteiger partial charge < -0.3 is 10.2 Å². The van der Waals surface area contributed by atoms with E-state index in [1.807, 2.05) is 12.1 Å². The first-order valence-corrected chi connectivity index (χ1v) is 8.53. The molecule has 0 fully saturated rings. The predicted molar refractivity (Wildman–Crippen MR) is 89.6 cm³/mol. The summed E-state index contributed by atoms with van der Waals surface area (Å²) in [6, 6.07) is 8.06. The summed E-state index contributed by atoms with van der Waals surface area (Å²) in [5, 5.41) is 2.94. The topological polar surface area (TPSA) is 32.3 Å². The molecule has 0 aromatic heterocycles. The Labute approximate surface area is 127 Å². The van der Waals surface area contributed by atoms with E-state index in [0.29, 0.717) is 5.75 Å². The number of hydrogen-bond acceptors (Lipinski definition) is 3. The van der Waals surface area contributed by atoms with Gasteiger partial charge in [0.1, 0.15) is 0 Å². The van der Waals surface area contributed by atoms with Gasteiger partial charge in [-0.25, -0.2) is 0 Å². The molecule has 0 aliphatic carbocycles. The van der Waals surface area contributed by atoms with E-state index in [4.69, 9.17) is 0 Å². The molecule has 1 amide bonds. The first-order chi connectivity index (χ1) is 9.69. The van der Waals surface area contributed by atoms with E-state index < -0.39 is 0 Å². The summed E-state index contributed by atoms with van der Waals surface area (Å²) in [5.74, 6) is 1.61. The van der Waals surface area contributed by atoms with Crippen LogP contribution in [0.4, 0.5) is 5.69 Å². The Morgan fingerprint density at radius 3 is 2.35 bits per heavy atom. The molecular weight excluding hydrogens is 268 g/mol. The molecule has 1 aromatic carbocycles. The number of rotatable bonds is 9. The summed E-state index contributed by atoms with van der Waals surface area (Å²) >= 11 is 1.69. The molecule has 0 aliphatic heterocycles. The van der Waals surface area contributed by atoms with Gasteiger partial charge in [-0.15, -0.1) is 0 Å². The lowest BCUT2D eigenvalue weighted by Gasteiger charge is -2.17. The van der Waals surface area contributed by atoms with Crippen LogP contribution in [0.2, 0.25) is 0 Å². The van der Waals surface area contributed by atoms with Crippen LogP contribution in [0.25, 0.3) is 0 Å². The second-order valence-electron chi connectivity index (χ2n) is 4.68. The summed E-state index contributed by atoms with van der Waals surface area (Å²) < 4.78 is 0. The Kier molecular flexibility index (Phi) is 8.38. The molecule has 112 valence electrons. The van der Waals surface area contributed by atoms with Crippen molar-refractivity contribution in [3.63, 3.8) is 0 Å². The van der Waals surface area contributed by atoms with Gasteiger partial charge in [-0.05, 0) is 37.2 Å². The van der Waals surface area contributed by atoms with E-state index in [0.717, 1.165) is 37.5 Å². The SMILES string of the molecule is CCc1ccc(NC(=O)CSCCN(CC)CC)cc1. The quantitative estimate of drug-likeness (QED) is 0.710. The Hall–Kier alpha value is -1.00. The largest absolute Gasteiger partial charge is 0.325 e. The van der Waals surface area contributed by atoms with E-state index in [9.17, 15) is 4.79 Å². The lowest BCUT2D eigenvalue weighted by Crippen LogP contribution is -2.26. The van der Waals surface area contributed by atoms with E-state index in [2.05, 4.69) is 43.1 Å². The maximum Gasteiger partial charge on any atom is 0.234 e. The third-order valence-electron chi connectivity index (χ3n) is 3.33. The first-order valence-electron chi connectivity index (χ1n) is 7.38. The number of carbonyl (C=O) groups excluding carboxylic acids is 1. The van der Waals surface area contributed by atoms with Crippen LogP contribution in [0.15, 0.2) is 24.3 Å². The molecule has 1 aromatic rings. The lowest BCUT2D eigenvalue weighted by molar-refractivity contribution is -0.113. The highest BCUT2D eigenvalue weighted by Gasteiger charge is 2.04. The number of amides is 1. The smallest absolute Gasteiger partial charge is 0.234 e. The number of nitrogens with zero attached hydrogens (tertiary/aromatic N) is 1. The van der Waals surface area contributed by atoms with Gasteiger partial charge in [-0.3, -0.25) is 4.79 Å². The van der Waals surface area contributed by atoms with Crippen LogP contribution in [0, 0.1) is 0 Å². The third-order valence-corrected chi connectivity index (χ3v) is 4.26. The second kappa shape index (κ2) is 9.83. The lowest BCUT2D eigenvalue weighted by atomic mass is 10.1. The van der Waals surface area contributed by atoms with Crippen molar-refractivity contribution in [2.24, 2.45) is 0 Å². The number of anilines is 1. The van der Waals surface area contributed by atoms with Crippen LogP contribution in [-0.4, -0.2) is 41.9 Å². The molecule has 20 heavy (non-hydrogen) atoms. The molecule has 0 bridgehead atoms. The van der Waals surface area contributed by atoms with Crippen molar-refractivity contribution >= 4 is 23.4 Å². The van der Waals surface area contributed by atoms with Gasteiger partial charge in [-0.1, -0.05) is 32.9 Å². The normalized spacial score (nSPS) is 10.8. The van der Waals surface area contributed by atoms with E-state index in [1.165, 1.54) is 5.56 Å². The molecule has 0 radical (unpaired) electrons. The molecular formula is C16H26N2OS. The minimum Gasteiger partial charge on any atom is -0.325 e. The monoisotopic (exact) mass is 294 g/mol. The van der Waals surface area contributed by atoms with Gasteiger partial charge in [0.05, 0.1) is 5.75 Å². The maximum absolute atomic E-state index is 11.8.